The fourth-order valence-electron chi connectivity index (χ4n) is 5.18. The standard InChI is InChI=1S/C32H34O11/c1-17-9-26-28(27(18(17)2)31(35)39-12-20-13-42-32(3,4)43-20)30(34)23(14-38-26)21-8-7-19-10-24(40-15-36-5)25(41-16-37-6)11-22(19)29(21)33/h8-11,14,20H,7,12-13,15-16H2,1-6H3. The van der Waals surface area contributed by atoms with Crippen molar-refractivity contribution in [1.29, 1.82) is 0 Å². The lowest BCUT2D eigenvalue weighted by Gasteiger charge is -2.20. The number of aryl methyl sites for hydroxylation is 1. The van der Waals surface area contributed by atoms with Gasteiger partial charge in [-0.25, -0.2) is 4.79 Å². The lowest BCUT2D eigenvalue weighted by Crippen LogP contribution is -2.26. The Labute approximate surface area is 248 Å². The van der Waals surface area contributed by atoms with Crippen molar-refractivity contribution in [2.45, 2.75) is 46.0 Å². The molecule has 1 unspecified atom stereocenters. The summed E-state index contributed by atoms with van der Waals surface area (Å²) in [7, 11) is 2.97. The van der Waals surface area contributed by atoms with Crippen molar-refractivity contribution in [2.24, 2.45) is 0 Å². The molecule has 1 fully saturated rings. The molecule has 1 aromatic heterocycles. The number of carbonyl (C=O) groups is 2. The third-order valence-corrected chi connectivity index (χ3v) is 7.40. The van der Waals surface area contributed by atoms with Crippen molar-refractivity contribution in [3.8, 4) is 11.5 Å². The molecule has 2 aromatic carbocycles. The zero-order chi connectivity index (χ0) is 30.9. The minimum absolute atomic E-state index is 0.0155. The van der Waals surface area contributed by atoms with Crippen LogP contribution in [0, 0.1) is 13.8 Å². The van der Waals surface area contributed by atoms with E-state index < -0.39 is 29.1 Å². The van der Waals surface area contributed by atoms with E-state index in [0.717, 1.165) is 5.56 Å². The summed E-state index contributed by atoms with van der Waals surface area (Å²) in [6, 6.07) is 4.95. The van der Waals surface area contributed by atoms with Crippen LogP contribution in [0.1, 0.15) is 56.8 Å². The van der Waals surface area contributed by atoms with Crippen LogP contribution in [0.15, 0.2) is 39.7 Å². The number of ketones is 1. The van der Waals surface area contributed by atoms with E-state index in [-0.39, 0.29) is 60.2 Å². The molecule has 0 saturated carbocycles. The number of allylic oxidation sites excluding steroid dienone is 2. The van der Waals surface area contributed by atoms with Gasteiger partial charge in [0.2, 0.25) is 5.43 Å². The van der Waals surface area contributed by atoms with Gasteiger partial charge in [-0.1, -0.05) is 6.08 Å². The van der Waals surface area contributed by atoms with Crippen LogP contribution in [-0.4, -0.2) is 64.7 Å². The number of Topliss-reactive ketones (excluding diaryl/α,β-unsaturated/α-hetero) is 1. The maximum absolute atomic E-state index is 14.0. The first-order valence-corrected chi connectivity index (χ1v) is 13.7. The van der Waals surface area contributed by atoms with E-state index in [1.54, 1.807) is 45.0 Å². The largest absolute Gasteiger partial charge is 0.464 e. The minimum atomic E-state index is -0.771. The van der Waals surface area contributed by atoms with Gasteiger partial charge in [0.1, 0.15) is 24.6 Å². The second kappa shape index (κ2) is 12.3. The summed E-state index contributed by atoms with van der Waals surface area (Å²) in [5.41, 5.74) is 2.32. The summed E-state index contributed by atoms with van der Waals surface area (Å²) in [5.74, 6) is -1.19. The van der Waals surface area contributed by atoms with E-state index in [1.807, 2.05) is 6.92 Å². The van der Waals surface area contributed by atoms with Gasteiger partial charge >= 0.3 is 5.97 Å². The number of ether oxygens (including phenoxy) is 7. The van der Waals surface area contributed by atoms with Gasteiger partial charge in [-0.2, -0.15) is 0 Å². The molecule has 2 heterocycles. The molecule has 1 aliphatic heterocycles. The van der Waals surface area contributed by atoms with E-state index >= 15 is 0 Å². The number of hydrogen-bond acceptors (Lipinski definition) is 11. The number of methoxy groups -OCH3 is 2. The molecule has 1 saturated heterocycles. The maximum Gasteiger partial charge on any atom is 0.339 e. The molecule has 3 aromatic rings. The average molecular weight is 595 g/mol. The van der Waals surface area contributed by atoms with Crippen LogP contribution in [0.4, 0.5) is 0 Å². The highest BCUT2D eigenvalue weighted by Gasteiger charge is 2.34. The van der Waals surface area contributed by atoms with Crippen LogP contribution < -0.4 is 14.9 Å². The van der Waals surface area contributed by atoms with Crippen molar-refractivity contribution < 1.29 is 47.2 Å². The van der Waals surface area contributed by atoms with E-state index in [2.05, 4.69) is 0 Å². The minimum Gasteiger partial charge on any atom is -0.464 e. The Balaban J connectivity index is 1.52. The van der Waals surface area contributed by atoms with Crippen LogP contribution >= 0.6 is 0 Å². The molecule has 5 rings (SSSR count). The number of esters is 1. The molecule has 0 N–H and O–H groups in total. The molecule has 0 amide bonds. The first-order valence-electron chi connectivity index (χ1n) is 13.7. The van der Waals surface area contributed by atoms with E-state index in [1.165, 1.54) is 20.5 Å². The van der Waals surface area contributed by atoms with Crippen molar-refractivity contribution in [2.75, 3.05) is 41.0 Å². The maximum atomic E-state index is 14.0. The molecular formula is C32H34O11. The van der Waals surface area contributed by atoms with E-state index in [9.17, 15) is 14.4 Å². The Bertz CT molecular complexity index is 1660. The van der Waals surface area contributed by atoms with Crippen LogP contribution in [-0.2, 0) is 30.1 Å². The van der Waals surface area contributed by atoms with Crippen molar-refractivity contribution in [3.05, 3.63) is 74.1 Å². The average Bonchev–Trinajstić information content (AvgIpc) is 3.33. The lowest BCUT2D eigenvalue weighted by atomic mass is 9.86. The van der Waals surface area contributed by atoms with E-state index in [0.29, 0.717) is 28.9 Å². The topological polar surface area (TPSA) is 129 Å². The quantitative estimate of drug-likeness (QED) is 0.243. The smallest absolute Gasteiger partial charge is 0.339 e. The second-order valence-corrected chi connectivity index (χ2v) is 10.8. The van der Waals surface area contributed by atoms with Crippen LogP contribution in [0.3, 0.4) is 0 Å². The Morgan fingerprint density at radius 3 is 2.35 bits per heavy atom. The first-order chi connectivity index (χ1) is 20.5. The van der Waals surface area contributed by atoms with Crippen molar-refractivity contribution in [1.82, 2.24) is 0 Å². The highest BCUT2D eigenvalue weighted by Crippen LogP contribution is 2.37. The van der Waals surface area contributed by atoms with Crippen LogP contribution in [0.25, 0.3) is 16.5 Å². The summed E-state index contributed by atoms with van der Waals surface area (Å²) < 4.78 is 44.0. The molecule has 43 heavy (non-hydrogen) atoms. The number of fused-ring (bicyclic) bond motifs is 2. The zero-order valence-electron chi connectivity index (χ0n) is 25.0. The van der Waals surface area contributed by atoms with Crippen molar-refractivity contribution in [3.63, 3.8) is 0 Å². The van der Waals surface area contributed by atoms with Gasteiger partial charge in [-0.05, 0) is 69.0 Å². The fraction of sp³-hybridized carbons (Fsp3) is 0.406. The number of benzene rings is 2. The summed E-state index contributed by atoms with van der Waals surface area (Å²) in [6.07, 6.45) is 2.82. The molecule has 2 aliphatic rings. The Hall–Kier alpha value is -4.03. The van der Waals surface area contributed by atoms with Crippen LogP contribution in [0.5, 0.6) is 11.5 Å². The zero-order valence-corrected chi connectivity index (χ0v) is 25.0. The summed E-state index contributed by atoms with van der Waals surface area (Å²) in [5, 5.41) is 0.0430. The Kier molecular flexibility index (Phi) is 8.70. The summed E-state index contributed by atoms with van der Waals surface area (Å²) in [4.78, 5) is 41.2. The second-order valence-electron chi connectivity index (χ2n) is 10.8. The predicted octanol–water partition coefficient (Wildman–Crippen LogP) is 4.51. The molecule has 1 aliphatic carbocycles. The number of rotatable bonds is 10. The first kappa shape index (κ1) is 30.4. The van der Waals surface area contributed by atoms with Gasteiger partial charge in [-0.3, -0.25) is 9.59 Å². The van der Waals surface area contributed by atoms with Crippen molar-refractivity contribution >= 4 is 28.3 Å². The summed E-state index contributed by atoms with van der Waals surface area (Å²) in [6.45, 7) is 7.25. The van der Waals surface area contributed by atoms with Gasteiger partial charge in [0.15, 0.2) is 36.7 Å². The predicted molar refractivity (Wildman–Crippen MR) is 155 cm³/mol. The highest BCUT2D eigenvalue weighted by atomic mass is 16.7. The Morgan fingerprint density at radius 2 is 1.70 bits per heavy atom. The van der Waals surface area contributed by atoms with Gasteiger partial charge < -0.3 is 37.6 Å². The normalized spacial score (nSPS) is 17.5. The van der Waals surface area contributed by atoms with Gasteiger partial charge in [0, 0.05) is 25.4 Å². The monoisotopic (exact) mass is 594 g/mol. The fourth-order valence-corrected chi connectivity index (χ4v) is 5.18. The third kappa shape index (κ3) is 6.07. The van der Waals surface area contributed by atoms with E-state index in [4.69, 9.17) is 37.6 Å². The molecule has 1 atom stereocenters. The molecule has 11 heteroatoms. The summed E-state index contributed by atoms with van der Waals surface area (Å²) >= 11 is 0. The molecule has 0 bridgehead atoms. The SMILES string of the molecule is COCOc1cc2c(cc1OCOC)C(=O)C(c1coc3cc(C)c(C)c(C(=O)OCC4COC(C)(C)O4)c3c1=O)=CC2. The Morgan fingerprint density at radius 1 is 1.00 bits per heavy atom. The lowest BCUT2D eigenvalue weighted by molar-refractivity contribution is -0.142. The van der Waals surface area contributed by atoms with Gasteiger partial charge in [-0.15, -0.1) is 0 Å². The third-order valence-electron chi connectivity index (χ3n) is 7.40. The van der Waals surface area contributed by atoms with Crippen LogP contribution in [0.2, 0.25) is 0 Å². The highest BCUT2D eigenvalue weighted by molar-refractivity contribution is 6.30. The van der Waals surface area contributed by atoms with Gasteiger partial charge in [0.05, 0.1) is 23.1 Å². The molecule has 228 valence electrons. The number of hydrogen-bond donors (Lipinski definition) is 0. The molecule has 11 nitrogen and oxygen atoms in total. The number of carbonyl (C=O) groups excluding carboxylic acids is 2. The molecule has 0 spiro atoms. The van der Waals surface area contributed by atoms with Gasteiger partial charge in [0.25, 0.3) is 0 Å². The molecular weight excluding hydrogens is 560 g/mol. The molecule has 0 radical (unpaired) electrons.